The molecule has 0 aliphatic heterocycles. The lowest BCUT2D eigenvalue weighted by molar-refractivity contribution is -0.186. The van der Waals surface area contributed by atoms with Gasteiger partial charge in [0.1, 0.15) is 5.82 Å². The van der Waals surface area contributed by atoms with Crippen LogP contribution in [-0.2, 0) is 15.4 Å². The molecule has 0 radical (unpaired) electrons. The van der Waals surface area contributed by atoms with Gasteiger partial charge < -0.3 is 10.7 Å². The molecule has 1 aromatic carbocycles. The van der Waals surface area contributed by atoms with Gasteiger partial charge in [0.25, 0.3) is 0 Å². The van der Waals surface area contributed by atoms with E-state index in [1.54, 1.807) is 0 Å². The van der Waals surface area contributed by atoms with Gasteiger partial charge in [0, 0.05) is 6.26 Å². The van der Waals surface area contributed by atoms with Gasteiger partial charge in [-0.25, -0.2) is 13.4 Å². The van der Waals surface area contributed by atoms with Gasteiger partial charge in [-0.3, -0.25) is 0 Å². The third-order valence-electron chi connectivity index (χ3n) is 2.96. The third kappa shape index (κ3) is 2.38. The Labute approximate surface area is 112 Å². The number of rotatable bonds is 2. The van der Waals surface area contributed by atoms with Crippen LogP contribution in [0.4, 0.5) is 13.2 Å². The number of hydrogen-bond donors (Lipinski definition) is 2. The third-order valence-corrected chi connectivity index (χ3v) is 4.07. The zero-order valence-electron chi connectivity index (χ0n) is 10.6. The van der Waals surface area contributed by atoms with Crippen LogP contribution in [0.3, 0.4) is 0 Å². The first-order valence-corrected chi connectivity index (χ1v) is 7.38. The van der Waals surface area contributed by atoms with Crippen molar-refractivity contribution < 1.29 is 21.6 Å². The smallest absolute Gasteiger partial charge is 0.340 e. The maximum absolute atomic E-state index is 12.8. The van der Waals surface area contributed by atoms with Gasteiger partial charge in [-0.15, -0.1) is 0 Å². The van der Waals surface area contributed by atoms with Gasteiger partial charge in [0.05, 0.1) is 15.9 Å². The molecule has 1 atom stereocenters. The fourth-order valence-corrected chi connectivity index (χ4v) is 2.25. The quantitative estimate of drug-likeness (QED) is 0.884. The second-order valence-electron chi connectivity index (χ2n) is 4.74. The molecule has 0 bridgehead atoms. The highest BCUT2D eigenvalue weighted by Crippen LogP contribution is 2.35. The van der Waals surface area contributed by atoms with Crippen molar-refractivity contribution >= 4 is 20.9 Å². The topological polar surface area (TPSA) is 88.8 Å². The summed E-state index contributed by atoms with van der Waals surface area (Å²) in [4.78, 5) is 6.20. The molecule has 1 unspecified atom stereocenters. The standard InChI is InChI=1S/C11H12F3N3O2S/c1-10(15,11(12,13)14)9-16-7-4-3-6(20(2,18)19)5-8(7)17-9/h3-5H,15H2,1-2H3,(H,16,17). The fourth-order valence-electron chi connectivity index (χ4n) is 1.60. The normalized spacial score (nSPS) is 16.3. The average Bonchev–Trinajstić information content (AvgIpc) is 2.68. The molecular weight excluding hydrogens is 295 g/mol. The maximum atomic E-state index is 12.8. The Hall–Kier alpha value is -1.61. The van der Waals surface area contributed by atoms with E-state index in [1.807, 2.05) is 0 Å². The van der Waals surface area contributed by atoms with Gasteiger partial charge in [-0.05, 0) is 25.1 Å². The molecule has 20 heavy (non-hydrogen) atoms. The predicted molar refractivity (Wildman–Crippen MR) is 66.8 cm³/mol. The lowest BCUT2D eigenvalue weighted by Gasteiger charge is -2.24. The zero-order valence-corrected chi connectivity index (χ0v) is 11.4. The SMILES string of the molecule is CC(N)(c1nc2ccc(S(C)(=O)=O)cc2[nH]1)C(F)(F)F. The summed E-state index contributed by atoms with van der Waals surface area (Å²) >= 11 is 0. The van der Waals surface area contributed by atoms with Crippen LogP contribution in [-0.4, -0.2) is 30.8 Å². The molecule has 0 spiro atoms. The fraction of sp³-hybridized carbons (Fsp3) is 0.364. The lowest BCUT2D eigenvalue weighted by atomic mass is 10.0. The zero-order chi connectivity index (χ0) is 15.3. The summed E-state index contributed by atoms with van der Waals surface area (Å²) in [6.07, 6.45) is -3.67. The molecule has 0 fully saturated rings. The van der Waals surface area contributed by atoms with Crippen LogP contribution in [0.1, 0.15) is 12.7 Å². The molecule has 3 N–H and O–H groups in total. The number of sulfone groups is 1. The number of halogens is 3. The predicted octanol–water partition coefficient (Wildman–Crippen LogP) is 1.70. The van der Waals surface area contributed by atoms with E-state index in [4.69, 9.17) is 5.73 Å². The summed E-state index contributed by atoms with van der Waals surface area (Å²) < 4.78 is 61.3. The Morgan fingerprint density at radius 1 is 1.30 bits per heavy atom. The number of nitrogens with two attached hydrogens (primary N) is 1. The Morgan fingerprint density at radius 2 is 1.90 bits per heavy atom. The minimum Gasteiger partial charge on any atom is -0.340 e. The van der Waals surface area contributed by atoms with E-state index in [-0.39, 0.29) is 15.9 Å². The van der Waals surface area contributed by atoms with E-state index in [1.165, 1.54) is 18.2 Å². The molecule has 2 aromatic rings. The number of hydrogen-bond acceptors (Lipinski definition) is 4. The highest BCUT2D eigenvalue weighted by atomic mass is 32.2. The van der Waals surface area contributed by atoms with E-state index in [0.717, 1.165) is 13.2 Å². The van der Waals surface area contributed by atoms with Crippen molar-refractivity contribution in [2.75, 3.05) is 6.26 Å². The number of nitrogens with one attached hydrogen (secondary N) is 1. The maximum Gasteiger partial charge on any atom is 0.413 e. The molecule has 5 nitrogen and oxygen atoms in total. The first kappa shape index (κ1) is 14.8. The summed E-state index contributed by atoms with van der Waals surface area (Å²) in [5, 5.41) is 0. The molecule has 1 aromatic heterocycles. The summed E-state index contributed by atoms with van der Waals surface area (Å²) in [6.45, 7) is 0.794. The molecule has 0 aliphatic rings. The van der Waals surface area contributed by atoms with E-state index >= 15 is 0 Å². The van der Waals surface area contributed by atoms with Crippen LogP contribution in [0.5, 0.6) is 0 Å². The molecule has 110 valence electrons. The molecule has 2 rings (SSSR count). The van der Waals surface area contributed by atoms with Crippen LogP contribution in [0.15, 0.2) is 23.1 Å². The van der Waals surface area contributed by atoms with Gasteiger partial charge in [0.15, 0.2) is 15.4 Å². The Bertz CT molecular complexity index is 763. The average molecular weight is 307 g/mol. The van der Waals surface area contributed by atoms with Gasteiger partial charge >= 0.3 is 6.18 Å². The molecule has 0 aliphatic carbocycles. The summed E-state index contributed by atoms with van der Waals surface area (Å²) in [5.41, 5.74) is 3.02. The van der Waals surface area contributed by atoms with Crippen molar-refractivity contribution in [1.82, 2.24) is 9.97 Å². The second-order valence-corrected chi connectivity index (χ2v) is 6.75. The number of benzene rings is 1. The second kappa shape index (κ2) is 4.19. The van der Waals surface area contributed by atoms with Crippen molar-refractivity contribution in [3.8, 4) is 0 Å². The minimum absolute atomic E-state index is 0.00840. The monoisotopic (exact) mass is 307 g/mol. The first-order valence-electron chi connectivity index (χ1n) is 5.49. The number of nitrogens with zero attached hydrogens (tertiary/aromatic N) is 1. The molecule has 1 heterocycles. The van der Waals surface area contributed by atoms with Gasteiger partial charge in [-0.1, -0.05) is 0 Å². The Balaban J connectivity index is 2.61. The van der Waals surface area contributed by atoms with Crippen LogP contribution >= 0.6 is 0 Å². The molecular formula is C11H12F3N3O2S. The summed E-state index contributed by atoms with van der Waals surface area (Å²) in [6, 6.07) is 3.84. The number of alkyl halides is 3. The van der Waals surface area contributed by atoms with Crippen LogP contribution < -0.4 is 5.73 Å². The highest BCUT2D eigenvalue weighted by molar-refractivity contribution is 7.90. The molecule has 0 saturated carbocycles. The molecule has 0 amide bonds. The Morgan fingerprint density at radius 3 is 2.40 bits per heavy atom. The van der Waals surface area contributed by atoms with Crippen LogP contribution in [0, 0.1) is 0 Å². The lowest BCUT2D eigenvalue weighted by Crippen LogP contribution is -2.48. The van der Waals surface area contributed by atoms with E-state index in [9.17, 15) is 21.6 Å². The largest absolute Gasteiger partial charge is 0.413 e. The summed E-state index contributed by atoms with van der Waals surface area (Å²) in [5.74, 6) is -0.467. The number of H-pyrrole nitrogens is 1. The number of imidazole rings is 1. The van der Waals surface area contributed by atoms with Crippen molar-refractivity contribution in [2.24, 2.45) is 5.73 Å². The van der Waals surface area contributed by atoms with E-state index in [0.29, 0.717) is 0 Å². The molecule has 0 saturated heterocycles. The van der Waals surface area contributed by atoms with Crippen molar-refractivity contribution in [3.63, 3.8) is 0 Å². The van der Waals surface area contributed by atoms with Crippen LogP contribution in [0.2, 0.25) is 0 Å². The van der Waals surface area contributed by atoms with E-state index in [2.05, 4.69) is 9.97 Å². The number of aromatic amines is 1. The minimum atomic E-state index is -4.68. The molecule has 9 heteroatoms. The van der Waals surface area contributed by atoms with Crippen molar-refractivity contribution in [3.05, 3.63) is 24.0 Å². The first-order chi connectivity index (χ1) is 8.93. The summed E-state index contributed by atoms with van der Waals surface area (Å²) in [7, 11) is -3.45. The number of fused-ring (bicyclic) bond motifs is 1. The van der Waals surface area contributed by atoms with Crippen LogP contribution in [0.25, 0.3) is 11.0 Å². The highest BCUT2D eigenvalue weighted by Gasteiger charge is 2.51. The van der Waals surface area contributed by atoms with Gasteiger partial charge in [0.2, 0.25) is 0 Å². The Kier molecular flexibility index (Phi) is 3.10. The van der Waals surface area contributed by atoms with Crippen molar-refractivity contribution in [2.45, 2.75) is 23.5 Å². The van der Waals surface area contributed by atoms with Crippen molar-refractivity contribution in [1.29, 1.82) is 0 Å². The van der Waals surface area contributed by atoms with E-state index < -0.39 is 27.4 Å². The number of aromatic nitrogens is 2. The van der Waals surface area contributed by atoms with Gasteiger partial charge in [-0.2, -0.15) is 13.2 Å².